The van der Waals surface area contributed by atoms with E-state index in [0.29, 0.717) is 0 Å². The Kier molecular flexibility index (Phi) is 2.66. The van der Waals surface area contributed by atoms with E-state index in [0.717, 1.165) is 3.71 Å². The van der Waals surface area contributed by atoms with Gasteiger partial charge in [-0.1, -0.05) is 25.6 Å². The Labute approximate surface area is 74.0 Å². The van der Waals surface area contributed by atoms with Crippen molar-refractivity contribution in [1.82, 2.24) is 18.7 Å². The predicted molar refractivity (Wildman–Crippen MR) is 44.0 cm³/mol. The van der Waals surface area contributed by atoms with Crippen LogP contribution < -0.4 is 0 Å². The predicted octanol–water partition coefficient (Wildman–Crippen LogP) is 0.00340. The van der Waals surface area contributed by atoms with Crippen molar-refractivity contribution in [2.45, 2.75) is 0 Å². The van der Waals surface area contributed by atoms with E-state index in [2.05, 4.69) is 40.6 Å². The lowest BCUT2D eigenvalue weighted by Crippen LogP contribution is -2.15. The summed E-state index contributed by atoms with van der Waals surface area (Å²) < 4.78 is 0.801. The summed E-state index contributed by atoms with van der Waals surface area (Å²) in [6.07, 6.45) is 2.45. The summed E-state index contributed by atoms with van der Waals surface area (Å²) in [5, 5.41) is 0. The van der Waals surface area contributed by atoms with Crippen molar-refractivity contribution in [3.8, 4) is 0 Å². The maximum absolute atomic E-state index is 11.0. The molecule has 0 aliphatic heterocycles. The van der Waals surface area contributed by atoms with Crippen LogP contribution in [-0.4, -0.2) is 24.6 Å². The second kappa shape index (κ2) is 3.54. The quantitative estimate of drug-likeness (QED) is 0.609. The molecule has 0 spiro atoms. The minimum absolute atomic E-state index is 0.0185. The van der Waals surface area contributed by atoms with Crippen LogP contribution in [0.2, 0.25) is 0 Å². The smallest absolute Gasteiger partial charge is 0.263 e. The number of hydrogen-bond donors (Lipinski definition) is 2. The van der Waals surface area contributed by atoms with Crippen molar-refractivity contribution in [1.29, 1.82) is 0 Å². The Hall–Kier alpha value is -0.820. The molecular formula is C4H4N4OS2. The molecule has 7 heteroatoms. The van der Waals surface area contributed by atoms with E-state index in [1.807, 2.05) is 0 Å². The monoisotopic (exact) mass is 188 g/mol. The summed E-state index contributed by atoms with van der Waals surface area (Å²) >= 11 is 7.30. The Balaban J connectivity index is 2.86. The molecule has 0 aliphatic carbocycles. The molecule has 0 bridgehead atoms. The lowest BCUT2D eigenvalue weighted by atomic mass is 10.6. The van der Waals surface area contributed by atoms with Gasteiger partial charge in [-0.2, -0.15) is 0 Å². The van der Waals surface area contributed by atoms with Gasteiger partial charge in [-0.15, -0.1) is 0 Å². The summed E-state index contributed by atoms with van der Waals surface area (Å²) in [6, 6.07) is 0. The van der Waals surface area contributed by atoms with E-state index in [-0.39, 0.29) is 5.82 Å². The molecule has 0 N–H and O–H groups in total. The van der Waals surface area contributed by atoms with Crippen LogP contribution in [0.25, 0.3) is 0 Å². The zero-order valence-electron chi connectivity index (χ0n) is 5.25. The highest BCUT2D eigenvalue weighted by molar-refractivity contribution is 7.94. The number of carbonyl (C=O) groups is 1. The summed E-state index contributed by atoms with van der Waals surface area (Å²) in [4.78, 5) is 21.7. The van der Waals surface area contributed by atoms with Gasteiger partial charge in [-0.3, -0.25) is 4.79 Å². The lowest BCUT2D eigenvalue weighted by molar-refractivity contribution is 0.0925. The summed E-state index contributed by atoms with van der Waals surface area (Å²) in [5.74, 6) is -0.468. The van der Waals surface area contributed by atoms with Crippen molar-refractivity contribution >= 4 is 31.5 Å². The van der Waals surface area contributed by atoms with Crippen LogP contribution in [-0.2, 0) is 0 Å². The van der Waals surface area contributed by atoms with E-state index in [1.165, 1.54) is 12.7 Å². The normalized spacial score (nSPS) is 9.27. The van der Waals surface area contributed by atoms with Crippen LogP contribution in [0.1, 0.15) is 10.6 Å². The molecule has 5 nitrogen and oxygen atoms in total. The molecular weight excluding hydrogens is 184 g/mol. The molecule has 0 aliphatic rings. The number of thiol groups is 2. The van der Waals surface area contributed by atoms with Gasteiger partial charge in [0.15, 0.2) is 0 Å². The topological polar surface area (TPSA) is 59.0 Å². The van der Waals surface area contributed by atoms with Gasteiger partial charge in [0.2, 0.25) is 5.82 Å². The van der Waals surface area contributed by atoms with Gasteiger partial charge in [-0.25, -0.2) is 18.7 Å². The van der Waals surface area contributed by atoms with Gasteiger partial charge < -0.3 is 0 Å². The van der Waals surface area contributed by atoms with Crippen LogP contribution in [0.5, 0.6) is 0 Å². The number of aromatic nitrogens is 3. The number of rotatable bonds is 1. The van der Waals surface area contributed by atoms with Crippen LogP contribution >= 0.6 is 25.6 Å². The number of carbonyl (C=O) groups excluding carboxylic acids is 1. The zero-order valence-corrected chi connectivity index (χ0v) is 7.04. The van der Waals surface area contributed by atoms with Crippen LogP contribution in [0.4, 0.5) is 0 Å². The van der Waals surface area contributed by atoms with Gasteiger partial charge in [-0.05, 0) is 0 Å². The number of amides is 1. The van der Waals surface area contributed by atoms with E-state index < -0.39 is 5.91 Å². The van der Waals surface area contributed by atoms with E-state index in [9.17, 15) is 4.79 Å². The van der Waals surface area contributed by atoms with Crippen molar-refractivity contribution in [3.05, 3.63) is 18.5 Å². The molecule has 1 rings (SSSR count). The van der Waals surface area contributed by atoms with Gasteiger partial charge in [0.05, 0.1) is 0 Å². The first-order valence-corrected chi connectivity index (χ1v) is 3.36. The molecule has 1 heterocycles. The molecule has 1 aromatic heterocycles. The minimum atomic E-state index is -0.487. The maximum Gasteiger partial charge on any atom is 0.311 e. The second-order valence-corrected chi connectivity index (χ2v) is 2.67. The van der Waals surface area contributed by atoms with Crippen LogP contribution in [0.15, 0.2) is 12.7 Å². The molecule has 0 fully saturated rings. The first-order chi connectivity index (χ1) is 5.22. The standard InChI is InChI=1S/C4H4N4OS2/c9-4(8(10)11)3-6-1-5-2-7-3/h1-2,10-11H. The molecule has 1 amide bonds. The molecule has 0 unspecified atom stereocenters. The van der Waals surface area contributed by atoms with Gasteiger partial charge in [0.1, 0.15) is 12.7 Å². The van der Waals surface area contributed by atoms with Crippen LogP contribution in [0, 0.1) is 0 Å². The van der Waals surface area contributed by atoms with Gasteiger partial charge in [0.25, 0.3) is 0 Å². The van der Waals surface area contributed by atoms with E-state index >= 15 is 0 Å². The first kappa shape index (κ1) is 8.28. The van der Waals surface area contributed by atoms with E-state index in [4.69, 9.17) is 0 Å². The molecule has 11 heavy (non-hydrogen) atoms. The molecule has 0 saturated heterocycles. The van der Waals surface area contributed by atoms with E-state index in [1.54, 1.807) is 0 Å². The highest BCUT2D eigenvalue weighted by Gasteiger charge is 2.11. The summed E-state index contributed by atoms with van der Waals surface area (Å²) in [5.41, 5.74) is 0. The lowest BCUT2D eigenvalue weighted by Gasteiger charge is -2.03. The number of nitrogens with zero attached hydrogens (tertiary/aromatic N) is 4. The average molecular weight is 188 g/mol. The fourth-order valence-corrected chi connectivity index (χ4v) is 0.618. The van der Waals surface area contributed by atoms with Crippen molar-refractivity contribution in [3.63, 3.8) is 0 Å². The highest BCUT2D eigenvalue weighted by Crippen LogP contribution is 2.02. The molecule has 0 saturated carbocycles. The van der Waals surface area contributed by atoms with Crippen molar-refractivity contribution < 1.29 is 4.79 Å². The molecule has 0 radical (unpaired) electrons. The third-order valence-electron chi connectivity index (χ3n) is 0.866. The summed E-state index contributed by atoms with van der Waals surface area (Å²) in [7, 11) is 0. The van der Waals surface area contributed by atoms with Crippen molar-refractivity contribution in [2.24, 2.45) is 0 Å². The fraction of sp³-hybridized carbons (Fsp3) is 0. The highest BCUT2D eigenvalue weighted by atomic mass is 32.2. The van der Waals surface area contributed by atoms with Gasteiger partial charge in [0, 0.05) is 0 Å². The third kappa shape index (κ3) is 2.05. The maximum atomic E-state index is 11.0. The van der Waals surface area contributed by atoms with Crippen molar-refractivity contribution in [2.75, 3.05) is 0 Å². The Morgan fingerprint density at radius 1 is 1.36 bits per heavy atom. The van der Waals surface area contributed by atoms with Gasteiger partial charge >= 0.3 is 5.91 Å². The molecule has 1 aromatic rings. The zero-order chi connectivity index (χ0) is 8.27. The number of hydrogen-bond acceptors (Lipinski definition) is 6. The minimum Gasteiger partial charge on any atom is -0.263 e. The Bertz CT molecular complexity index is 252. The molecule has 58 valence electrons. The SMILES string of the molecule is O=C(c1ncncn1)N(S)S. The fourth-order valence-electron chi connectivity index (χ4n) is 0.439. The summed E-state index contributed by atoms with van der Waals surface area (Å²) in [6.45, 7) is 0. The largest absolute Gasteiger partial charge is 0.311 e. The Morgan fingerprint density at radius 2 is 1.91 bits per heavy atom. The third-order valence-corrected chi connectivity index (χ3v) is 1.23. The first-order valence-electron chi connectivity index (χ1n) is 2.56. The average Bonchev–Trinajstić information content (AvgIpc) is 2.05. The Morgan fingerprint density at radius 3 is 2.36 bits per heavy atom. The second-order valence-electron chi connectivity index (χ2n) is 1.56. The van der Waals surface area contributed by atoms with Crippen LogP contribution in [0.3, 0.4) is 0 Å². The molecule has 0 atom stereocenters. The molecule has 0 aromatic carbocycles.